The van der Waals surface area contributed by atoms with Gasteiger partial charge in [0.25, 0.3) is 0 Å². The van der Waals surface area contributed by atoms with Crippen LogP contribution in [0.4, 0.5) is 0 Å². The molecular weight excluding hydrogens is 288 g/mol. The number of hydrogen-bond donors (Lipinski definition) is 0. The smallest absolute Gasteiger partial charge is 0.338 e. The largest absolute Gasteiger partial charge is 0.459 e. The lowest BCUT2D eigenvalue weighted by Crippen LogP contribution is -2.20. The second kappa shape index (κ2) is 5.51. The summed E-state index contributed by atoms with van der Waals surface area (Å²) >= 11 is 5.80. The van der Waals surface area contributed by atoms with E-state index in [2.05, 4.69) is 0 Å². The SMILES string of the molecule is CS(=O)(=O)[C@H]1CC[C@@H](OC(=O)c2cccc(Cl)c2)C1. The third-order valence-electron chi connectivity index (χ3n) is 3.28. The summed E-state index contributed by atoms with van der Waals surface area (Å²) in [4.78, 5) is 11.9. The summed E-state index contributed by atoms with van der Waals surface area (Å²) < 4.78 is 28.2. The molecule has 0 saturated heterocycles. The highest BCUT2D eigenvalue weighted by molar-refractivity contribution is 7.91. The maximum absolute atomic E-state index is 11.9. The minimum atomic E-state index is -3.06. The molecule has 1 aliphatic carbocycles. The van der Waals surface area contributed by atoms with Crippen molar-refractivity contribution in [2.45, 2.75) is 30.6 Å². The fourth-order valence-electron chi connectivity index (χ4n) is 2.23. The van der Waals surface area contributed by atoms with Gasteiger partial charge in [-0.3, -0.25) is 0 Å². The molecule has 104 valence electrons. The Labute approximate surface area is 117 Å². The van der Waals surface area contributed by atoms with Crippen molar-refractivity contribution < 1.29 is 17.9 Å². The Kier molecular flexibility index (Phi) is 4.16. The van der Waals surface area contributed by atoms with Gasteiger partial charge in [0.05, 0.1) is 10.8 Å². The van der Waals surface area contributed by atoms with Gasteiger partial charge in [0.2, 0.25) is 0 Å². The molecule has 0 unspecified atom stereocenters. The van der Waals surface area contributed by atoms with E-state index in [-0.39, 0.29) is 6.10 Å². The lowest BCUT2D eigenvalue weighted by atomic mass is 10.2. The van der Waals surface area contributed by atoms with E-state index in [0.29, 0.717) is 29.8 Å². The van der Waals surface area contributed by atoms with Gasteiger partial charge < -0.3 is 4.74 Å². The Balaban J connectivity index is 1.98. The van der Waals surface area contributed by atoms with Crippen molar-refractivity contribution in [1.82, 2.24) is 0 Å². The van der Waals surface area contributed by atoms with Crippen LogP contribution in [0.3, 0.4) is 0 Å². The molecule has 0 N–H and O–H groups in total. The maximum Gasteiger partial charge on any atom is 0.338 e. The van der Waals surface area contributed by atoms with Gasteiger partial charge in [-0.25, -0.2) is 13.2 Å². The van der Waals surface area contributed by atoms with E-state index in [4.69, 9.17) is 16.3 Å². The zero-order valence-corrected chi connectivity index (χ0v) is 12.1. The first-order valence-corrected chi connectivity index (χ1v) is 8.35. The number of hydrogen-bond acceptors (Lipinski definition) is 4. The van der Waals surface area contributed by atoms with Gasteiger partial charge in [0.15, 0.2) is 0 Å². The van der Waals surface area contributed by atoms with Crippen LogP contribution in [-0.4, -0.2) is 32.0 Å². The predicted molar refractivity (Wildman–Crippen MR) is 73.1 cm³/mol. The van der Waals surface area contributed by atoms with E-state index in [1.54, 1.807) is 18.2 Å². The summed E-state index contributed by atoms with van der Waals surface area (Å²) in [5, 5.41) is 0.0690. The number of halogens is 1. The average molecular weight is 303 g/mol. The van der Waals surface area contributed by atoms with Gasteiger partial charge in [0, 0.05) is 17.7 Å². The van der Waals surface area contributed by atoms with Gasteiger partial charge in [0.1, 0.15) is 15.9 Å². The molecule has 0 bridgehead atoms. The van der Waals surface area contributed by atoms with Crippen LogP contribution in [0.1, 0.15) is 29.6 Å². The minimum Gasteiger partial charge on any atom is -0.459 e. The third kappa shape index (κ3) is 3.70. The number of ether oxygens (including phenoxy) is 1. The van der Waals surface area contributed by atoms with Crippen LogP contribution >= 0.6 is 11.6 Å². The number of benzene rings is 1. The number of carbonyl (C=O) groups excluding carboxylic acids is 1. The Morgan fingerprint density at radius 1 is 1.37 bits per heavy atom. The molecule has 2 atom stereocenters. The molecule has 0 heterocycles. The quantitative estimate of drug-likeness (QED) is 0.805. The van der Waals surface area contributed by atoms with Crippen LogP contribution < -0.4 is 0 Å². The van der Waals surface area contributed by atoms with E-state index in [1.807, 2.05) is 0 Å². The Morgan fingerprint density at radius 3 is 2.68 bits per heavy atom. The van der Waals surface area contributed by atoms with E-state index < -0.39 is 21.1 Å². The Bertz CT molecular complexity index is 582. The van der Waals surface area contributed by atoms with Gasteiger partial charge >= 0.3 is 5.97 Å². The summed E-state index contributed by atoms with van der Waals surface area (Å²) in [7, 11) is -3.06. The second-order valence-corrected chi connectivity index (χ2v) is 7.56. The fourth-order valence-corrected chi connectivity index (χ4v) is 3.55. The average Bonchev–Trinajstić information content (AvgIpc) is 2.77. The summed E-state index contributed by atoms with van der Waals surface area (Å²) in [6.45, 7) is 0. The van der Waals surface area contributed by atoms with Crippen molar-refractivity contribution in [3.05, 3.63) is 34.9 Å². The molecule has 0 amide bonds. The molecule has 6 heteroatoms. The van der Waals surface area contributed by atoms with Crippen LogP contribution in [0.15, 0.2) is 24.3 Å². The van der Waals surface area contributed by atoms with Crippen LogP contribution in [0, 0.1) is 0 Å². The molecule has 0 aromatic heterocycles. The molecule has 1 saturated carbocycles. The highest BCUT2D eigenvalue weighted by Crippen LogP contribution is 2.28. The van der Waals surface area contributed by atoms with Gasteiger partial charge in [-0.15, -0.1) is 0 Å². The lowest BCUT2D eigenvalue weighted by molar-refractivity contribution is 0.0318. The first-order chi connectivity index (χ1) is 8.86. The zero-order valence-electron chi connectivity index (χ0n) is 10.5. The Morgan fingerprint density at radius 2 is 2.11 bits per heavy atom. The van der Waals surface area contributed by atoms with Crippen LogP contribution in [0.5, 0.6) is 0 Å². The summed E-state index contributed by atoms with van der Waals surface area (Å²) in [6.07, 6.45) is 2.41. The lowest BCUT2D eigenvalue weighted by Gasteiger charge is -2.12. The Hall–Kier alpha value is -1.07. The summed E-state index contributed by atoms with van der Waals surface area (Å²) in [6, 6.07) is 6.50. The molecule has 19 heavy (non-hydrogen) atoms. The normalized spacial score (nSPS) is 23.3. The number of esters is 1. The maximum atomic E-state index is 11.9. The number of sulfone groups is 1. The molecule has 2 rings (SSSR count). The van der Waals surface area contributed by atoms with Crippen molar-refractivity contribution in [3.63, 3.8) is 0 Å². The van der Waals surface area contributed by atoms with Crippen molar-refractivity contribution in [3.8, 4) is 0 Å². The summed E-state index contributed by atoms with van der Waals surface area (Å²) in [5.74, 6) is -0.457. The third-order valence-corrected chi connectivity index (χ3v) is 5.15. The molecule has 0 radical (unpaired) electrons. The monoisotopic (exact) mass is 302 g/mol. The molecule has 0 spiro atoms. The standard InChI is InChI=1S/C13H15ClO4S/c1-19(16,17)12-6-5-11(8-12)18-13(15)9-3-2-4-10(14)7-9/h2-4,7,11-12H,5-6,8H2,1H3/t11-,12+/m1/s1. The van der Waals surface area contributed by atoms with Crippen molar-refractivity contribution in [1.29, 1.82) is 0 Å². The highest BCUT2D eigenvalue weighted by Gasteiger charge is 2.33. The first-order valence-electron chi connectivity index (χ1n) is 6.01. The fraction of sp³-hybridized carbons (Fsp3) is 0.462. The molecule has 1 fully saturated rings. The molecule has 1 aliphatic rings. The first kappa shape index (κ1) is 14.3. The predicted octanol–water partition coefficient (Wildman–Crippen LogP) is 2.46. The molecule has 1 aromatic rings. The van der Waals surface area contributed by atoms with Crippen molar-refractivity contribution >= 4 is 27.4 Å². The minimum absolute atomic E-state index is 0.328. The topological polar surface area (TPSA) is 60.4 Å². The summed E-state index contributed by atoms with van der Waals surface area (Å²) in [5.41, 5.74) is 0.385. The van der Waals surface area contributed by atoms with Gasteiger partial charge in [-0.05, 0) is 31.0 Å². The van der Waals surface area contributed by atoms with E-state index in [9.17, 15) is 13.2 Å². The second-order valence-electron chi connectivity index (χ2n) is 4.80. The number of carbonyl (C=O) groups is 1. The van der Waals surface area contributed by atoms with Crippen LogP contribution in [0.2, 0.25) is 5.02 Å². The van der Waals surface area contributed by atoms with Gasteiger partial charge in [-0.2, -0.15) is 0 Å². The van der Waals surface area contributed by atoms with E-state index >= 15 is 0 Å². The van der Waals surface area contributed by atoms with Crippen molar-refractivity contribution in [2.24, 2.45) is 0 Å². The van der Waals surface area contributed by atoms with Crippen molar-refractivity contribution in [2.75, 3.05) is 6.26 Å². The molecular formula is C13H15ClO4S. The zero-order chi connectivity index (χ0) is 14.0. The number of rotatable bonds is 3. The van der Waals surface area contributed by atoms with Crippen LogP contribution in [-0.2, 0) is 14.6 Å². The van der Waals surface area contributed by atoms with Crippen LogP contribution in [0.25, 0.3) is 0 Å². The highest BCUT2D eigenvalue weighted by atomic mass is 35.5. The molecule has 1 aromatic carbocycles. The molecule has 0 aliphatic heterocycles. The molecule has 4 nitrogen and oxygen atoms in total. The van der Waals surface area contributed by atoms with E-state index in [1.165, 1.54) is 12.3 Å². The van der Waals surface area contributed by atoms with Gasteiger partial charge in [-0.1, -0.05) is 17.7 Å². The van der Waals surface area contributed by atoms with E-state index in [0.717, 1.165) is 0 Å².